The predicted molar refractivity (Wildman–Crippen MR) is 55.0 cm³/mol. The Bertz CT molecular complexity index is 247. The van der Waals surface area contributed by atoms with Crippen LogP contribution in [0.5, 0.6) is 0 Å². The molecule has 0 bridgehead atoms. The zero-order valence-corrected chi connectivity index (χ0v) is 9.96. The van der Waals surface area contributed by atoms with E-state index in [4.69, 9.17) is 0 Å². The highest BCUT2D eigenvalue weighted by Gasteiger charge is 2.13. The number of hydrogen-bond acceptors (Lipinski definition) is 2. The summed E-state index contributed by atoms with van der Waals surface area (Å²) in [7, 11) is 0. The minimum atomic E-state index is -0.333. The lowest BCUT2D eigenvalue weighted by Gasteiger charge is -2.04. The molecule has 1 aromatic rings. The van der Waals surface area contributed by atoms with Crippen LogP contribution in [0.2, 0.25) is 0 Å². The molecule has 0 amide bonds. The van der Waals surface area contributed by atoms with Crippen LogP contribution in [0.15, 0.2) is 14.3 Å². The van der Waals surface area contributed by atoms with Gasteiger partial charge in [-0.05, 0) is 38.3 Å². The summed E-state index contributed by atoms with van der Waals surface area (Å²) in [6.45, 7) is 1.96. The van der Waals surface area contributed by atoms with Crippen molar-refractivity contribution in [3.8, 4) is 0 Å². The van der Waals surface area contributed by atoms with E-state index >= 15 is 0 Å². The van der Waals surface area contributed by atoms with Crippen LogP contribution in [-0.2, 0) is 0 Å². The summed E-state index contributed by atoms with van der Waals surface area (Å²) in [6, 6.07) is 0. The summed E-state index contributed by atoms with van der Waals surface area (Å²) in [5, 5.41) is 11.5. The van der Waals surface area contributed by atoms with Crippen molar-refractivity contribution in [2.45, 2.75) is 19.4 Å². The van der Waals surface area contributed by atoms with Crippen LogP contribution in [0.4, 0.5) is 0 Å². The second-order valence-corrected chi connectivity index (χ2v) is 4.74. The Hall–Kier alpha value is 0.620. The highest BCUT2D eigenvalue weighted by molar-refractivity contribution is 9.13. The number of rotatable bonds is 2. The third-order valence-electron chi connectivity index (χ3n) is 1.40. The van der Waals surface area contributed by atoms with Crippen molar-refractivity contribution in [3.63, 3.8) is 0 Å². The van der Waals surface area contributed by atoms with Crippen molar-refractivity contribution >= 4 is 43.2 Å². The summed E-state index contributed by atoms with van der Waals surface area (Å²) >= 11 is 8.33. The van der Waals surface area contributed by atoms with Crippen LogP contribution in [-0.4, -0.2) is 5.11 Å². The van der Waals surface area contributed by atoms with Gasteiger partial charge in [-0.3, -0.25) is 0 Å². The van der Waals surface area contributed by atoms with E-state index in [1.54, 1.807) is 11.3 Å². The van der Waals surface area contributed by atoms with Crippen molar-refractivity contribution in [1.29, 1.82) is 0 Å². The maximum Gasteiger partial charge on any atom is 0.0891 e. The van der Waals surface area contributed by atoms with Gasteiger partial charge in [-0.2, -0.15) is 0 Å². The molecule has 1 atom stereocenters. The van der Waals surface area contributed by atoms with E-state index in [1.165, 1.54) is 0 Å². The normalized spacial score (nSPS) is 13.5. The van der Waals surface area contributed by atoms with Gasteiger partial charge in [-0.25, -0.2) is 0 Å². The number of hydrogen-bond donors (Lipinski definition) is 1. The first-order chi connectivity index (χ1) is 5.16. The molecule has 0 fully saturated rings. The van der Waals surface area contributed by atoms with Gasteiger partial charge in [-0.1, -0.05) is 6.92 Å². The van der Waals surface area contributed by atoms with E-state index in [2.05, 4.69) is 31.9 Å². The van der Waals surface area contributed by atoms with E-state index in [9.17, 15) is 5.11 Å². The van der Waals surface area contributed by atoms with E-state index in [1.807, 2.05) is 12.3 Å². The summed E-state index contributed by atoms with van der Waals surface area (Å²) in [4.78, 5) is 0.999. The summed E-state index contributed by atoms with van der Waals surface area (Å²) < 4.78 is 2.00. The molecule has 1 N–H and O–H groups in total. The monoisotopic (exact) mass is 298 g/mol. The van der Waals surface area contributed by atoms with Crippen molar-refractivity contribution in [1.82, 2.24) is 0 Å². The van der Waals surface area contributed by atoms with Gasteiger partial charge < -0.3 is 5.11 Å². The molecule has 0 aliphatic heterocycles. The van der Waals surface area contributed by atoms with E-state index in [0.29, 0.717) is 0 Å². The van der Waals surface area contributed by atoms with Crippen LogP contribution < -0.4 is 0 Å². The predicted octanol–water partition coefficient (Wildman–Crippen LogP) is 3.72. The van der Waals surface area contributed by atoms with E-state index in [-0.39, 0.29) is 6.10 Å². The Morgan fingerprint density at radius 1 is 1.64 bits per heavy atom. The molecule has 0 saturated carbocycles. The van der Waals surface area contributed by atoms with Gasteiger partial charge in [0.1, 0.15) is 0 Å². The molecule has 0 saturated heterocycles. The van der Waals surface area contributed by atoms with Crippen LogP contribution in [0, 0.1) is 0 Å². The highest BCUT2D eigenvalue weighted by atomic mass is 79.9. The largest absolute Gasteiger partial charge is 0.388 e. The molecule has 0 radical (unpaired) electrons. The first-order valence-electron chi connectivity index (χ1n) is 3.27. The minimum Gasteiger partial charge on any atom is -0.388 e. The zero-order chi connectivity index (χ0) is 8.43. The topological polar surface area (TPSA) is 20.2 Å². The molecule has 0 unspecified atom stereocenters. The smallest absolute Gasteiger partial charge is 0.0891 e. The first kappa shape index (κ1) is 9.71. The van der Waals surface area contributed by atoms with Gasteiger partial charge in [-0.15, -0.1) is 11.3 Å². The number of halogens is 2. The van der Waals surface area contributed by atoms with Crippen molar-refractivity contribution in [2.75, 3.05) is 0 Å². The molecule has 1 aromatic heterocycles. The standard InChI is InChI=1S/C7H8Br2OS/c1-2-5(10)7-6(9)4(8)3-11-7/h3,5,10H,2H2,1H3/t5-/m0/s1. The first-order valence-corrected chi connectivity index (χ1v) is 5.73. The van der Waals surface area contributed by atoms with Crippen molar-refractivity contribution in [3.05, 3.63) is 19.2 Å². The molecule has 0 aromatic carbocycles. The Labute approximate surface area is 86.7 Å². The second-order valence-electron chi connectivity index (χ2n) is 2.19. The van der Waals surface area contributed by atoms with Crippen LogP contribution >= 0.6 is 43.2 Å². The Balaban J connectivity index is 2.94. The molecule has 1 nitrogen and oxygen atoms in total. The highest BCUT2D eigenvalue weighted by Crippen LogP contribution is 2.37. The average Bonchev–Trinajstić information content (AvgIpc) is 2.32. The summed E-state index contributed by atoms with van der Waals surface area (Å²) in [5.74, 6) is 0. The van der Waals surface area contributed by atoms with Crippen molar-refractivity contribution in [2.24, 2.45) is 0 Å². The molecule has 0 aliphatic rings. The fourth-order valence-electron chi connectivity index (χ4n) is 0.747. The Kier molecular flexibility index (Phi) is 3.55. The summed E-state index contributed by atoms with van der Waals surface area (Å²) in [5.41, 5.74) is 0. The quantitative estimate of drug-likeness (QED) is 0.882. The molecular weight excluding hydrogens is 292 g/mol. The van der Waals surface area contributed by atoms with E-state index < -0.39 is 0 Å². The number of aliphatic hydroxyl groups is 1. The fourth-order valence-corrected chi connectivity index (χ4v) is 3.07. The summed E-state index contributed by atoms with van der Waals surface area (Å²) in [6.07, 6.45) is 0.423. The fraction of sp³-hybridized carbons (Fsp3) is 0.429. The molecule has 62 valence electrons. The molecular formula is C7H8Br2OS. The van der Waals surface area contributed by atoms with Crippen LogP contribution in [0.1, 0.15) is 24.3 Å². The Morgan fingerprint density at radius 3 is 2.64 bits per heavy atom. The molecule has 1 rings (SSSR count). The molecule has 0 spiro atoms. The number of aliphatic hydroxyl groups excluding tert-OH is 1. The van der Waals surface area contributed by atoms with Gasteiger partial charge in [0.25, 0.3) is 0 Å². The Morgan fingerprint density at radius 2 is 2.27 bits per heavy atom. The third kappa shape index (κ3) is 2.05. The SMILES string of the molecule is CC[C@H](O)c1scc(Br)c1Br. The lowest BCUT2D eigenvalue weighted by Crippen LogP contribution is -1.91. The van der Waals surface area contributed by atoms with Gasteiger partial charge >= 0.3 is 0 Å². The number of thiophene rings is 1. The van der Waals surface area contributed by atoms with Gasteiger partial charge in [0, 0.05) is 19.2 Å². The van der Waals surface area contributed by atoms with Crippen LogP contribution in [0.25, 0.3) is 0 Å². The second kappa shape index (κ2) is 4.03. The minimum absolute atomic E-state index is 0.333. The molecule has 11 heavy (non-hydrogen) atoms. The lowest BCUT2D eigenvalue weighted by molar-refractivity contribution is 0.177. The average molecular weight is 300 g/mol. The maximum atomic E-state index is 9.48. The van der Waals surface area contributed by atoms with E-state index in [0.717, 1.165) is 20.2 Å². The van der Waals surface area contributed by atoms with Gasteiger partial charge in [0.05, 0.1) is 6.10 Å². The maximum absolute atomic E-state index is 9.48. The molecule has 4 heteroatoms. The zero-order valence-electron chi connectivity index (χ0n) is 5.97. The van der Waals surface area contributed by atoms with Crippen molar-refractivity contribution < 1.29 is 5.11 Å². The lowest BCUT2D eigenvalue weighted by atomic mass is 10.2. The molecule has 0 aliphatic carbocycles. The third-order valence-corrected chi connectivity index (χ3v) is 5.07. The van der Waals surface area contributed by atoms with Gasteiger partial charge in [0.2, 0.25) is 0 Å². The van der Waals surface area contributed by atoms with Gasteiger partial charge in [0.15, 0.2) is 0 Å². The van der Waals surface area contributed by atoms with Crippen LogP contribution in [0.3, 0.4) is 0 Å². The molecule has 1 heterocycles.